The molecule has 7 nitrogen and oxygen atoms in total. The molecule has 1 N–H and O–H groups in total. The van der Waals surface area contributed by atoms with Crippen molar-refractivity contribution >= 4 is 17.5 Å². The van der Waals surface area contributed by atoms with Gasteiger partial charge in [-0.3, -0.25) is 9.59 Å². The first-order valence-corrected chi connectivity index (χ1v) is 12.2. The van der Waals surface area contributed by atoms with E-state index < -0.39 is 17.8 Å². The van der Waals surface area contributed by atoms with Crippen molar-refractivity contribution in [1.29, 1.82) is 0 Å². The second kappa shape index (κ2) is 9.24. The Bertz CT molecular complexity index is 1330. The van der Waals surface area contributed by atoms with Gasteiger partial charge in [-0.05, 0) is 61.2 Å². The number of fused-ring (bicyclic) bond motifs is 1. The summed E-state index contributed by atoms with van der Waals surface area (Å²) in [5.41, 5.74) is 0.689. The van der Waals surface area contributed by atoms with Crippen molar-refractivity contribution in [2.75, 3.05) is 25.1 Å². The van der Waals surface area contributed by atoms with Gasteiger partial charge in [-0.15, -0.1) is 0 Å². The summed E-state index contributed by atoms with van der Waals surface area (Å²) in [7, 11) is 1.49. The van der Waals surface area contributed by atoms with E-state index >= 15 is 0 Å². The van der Waals surface area contributed by atoms with Gasteiger partial charge in [-0.1, -0.05) is 19.1 Å². The molecule has 1 aliphatic carbocycles. The van der Waals surface area contributed by atoms with Crippen molar-refractivity contribution < 1.29 is 27.5 Å². The van der Waals surface area contributed by atoms with Crippen LogP contribution < -0.4 is 15.0 Å². The van der Waals surface area contributed by atoms with Crippen molar-refractivity contribution in [2.24, 2.45) is 0 Å². The summed E-state index contributed by atoms with van der Waals surface area (Å²) in [5.74, 6) is 0.00466. The fourth-order valence-electron chi connectivity index (χ4n) is 4.85. The Labute approximate surface area is 212 Å². The molecule has 0 bridgehead atoms. The van der Waals surface area contributed by atoms with E-state index in [-0.39, 0.29) is 35.5 Å². The summed E-state index contributed by atoms with van der Waals surface area (Å²) >= 11 is 0. The maximum absolute atomic E-state index is 13.8. The van der Waals surface area contributed by atoms with E-state index in [2.05, 4.69) is 10.4 Å². The van der Waals surface area contributed by atoms with E-state index in [0.717, 1.165) is 23.1 Å². The molecule has 0 saturated heterocycles. The van der Waals surface area contributed by atoms with E-state index in [4.69, 9.17) is 4.74 Å². The zero-order valence-corrected chi connectivity index (χ0v) is 20.6. The fourth-order valence-corrected chi connectivity index (χ4v) is 4.85. The predicted octanol–water partition coefficient (Wildman–Crippen LogP) is 4.66. The second-order valence-electron chi connectivity index (χ2n) is 9.45. The second-order valence-corrected chi connectivity index (χ2v) is 9.45. The number of rotatable bonds is 7. The number of nitrogens with zero attached hydrogens (tertiary/aromatic N) is 3. The summed E-state index contributed by atoms with van der Waals surface area (Å²) in [4.78, 5) is 26.8. The molecule has 2 aromatic carbocycles. The molecule has 1 aliphatic heterocycles. The third kappa shape index (κ3) is 4.56. The molecular formula is C27H27F3N4O3. The van der Waals surface area contributed by atoms with Crippen molar-refractivity contribution in [2.45, 2.75) is 44.2 Å². The van der Waals surface area contributed by atoms with Crippen LogP contribution in [-0.2, 0) is 22.8 Å². The standard InChI is InChI=1S/C27H27F3N4O3/c1-3-22(35)31-16-26(13-14-26)17-4-6-18(7-5-17)33-15-12-21-23(25(33)36)34(32-24(21)27(28,29)30)19-8-10-20(37-2)11-9-19/h4-11H,3,12-16H2,1-2H3,(H,31,35). The number of halogens is 3. The minimum absolute atomic E-state index is 0.00399. The molecule has 194 valence electrons. The van der Waals surface area contributed by atoms with Gasteiger partial charge < -0.3 is 15.0 Å². The highest BCUT2D eigenvalue weighted by atomic mass is 19.4. The number of carbonyl (C=O) groups is 2. The molecule has 2 heterocycles. The molecular weight excluding hydrogens is 485 g/mol. The fraction of sp³-hybridized carbons (Fsp3) is 0.370. The molecule has 2 amide bonds. The molecule has 0 spiro atoms. The smallest absolute Gasteiger partial charge is 0.435 e. The molecule has 3 aromatic rings. The van der Waals surface area contributed by atoms with Crippen LogP contribution in [0.25, 0.3) is 5.69 Å². The lowest BCUT2D eigenvalue weighted by molar-refractivity contribution is -0.142. The van der Waals surface area contributed by atoms with Crippen molar-refractivity contribution in [3.63, 3.8) is 0 Å². The van der Waals surface area contributed by atoms with Crippen LogP contribution in [0.3, 0.4) is 0 Å². The van der Waals surface area contributed by atoms with E-state index in [1.807, 2.05) is 31.2 Å². The third-order valence-electron chi connectivity index (χ3n) is 7.19. The van der Waals surface area contributed by atoms with Gasteiger partial charge in [0, 0.05) is 36.2 Å². The van der Waals surface area contributed by atoms with E-state index in [1.54, 1.807) is 24.3 Å². The van der Waals surface area contributed by atoms with Crippen LogP contribution in [0.5, 0.6) is 5.75 Å². The van der Waals surface area contributed by atoms with Gasteiger partial charge in [0.1, 0.15) is 11.4 Å². The zero-order valence-electron chi connectivity index (χ0n) is 20.6. The summed E-state index contributed by atoms with van der Waals surface area (Å²) in [5, 5.41) is 6.79. The van der Waals surface area contributed by atoms with Gasteiger partial charge in [-0.25, -0.2) is 4.68 Å². The van der Waals surface area contributed by atoms with E-state index in [0.29, 0.717) is 30.1 Å². The minimum Gasteiger partial charge on any atom is -0.497 e. The van der Waals surface area contributed by atoms with Crippen LogP contribution in [0, 0.1) is 0 Å². The summed E-state index contributed by atoms with van der Waals surface area (Å²) in [6, 6.07) is 13.9. The highest BCUT2D eigenvalue weighted by Crippen LogP contribution is 2.48. The molecule has 0 radical (unpaired) electrons. The number of alkyl halides is 3. The van der Waals surface area contributed by atoms with Crippen LogP contribution in [0.1, 0.15) is 53.5 Å². The maximum Gasteiger partial charge on any atom is 0.435 e. The van der Waals surface area contributed by atoms with Crippen molar-refractivity contribution in [3.8, 4) is 11.4 Å². The van der Waals surface area contributed by atoms with E-state index in [9.17, 15) is 22.8 Å². The largest absolute Gasteiger partial charge is 0.497 e. The highest BCUT2D eigenvalue weighted by Gasteiger charge is 2.45. The number of nitrogens with one attached hydrogen (secondary N) is 1. The monoisotopic (exact) mass is 512 g/mol. The Morgan fingerprint density at radius 1 is 1.08 bits per heavy atom. The number of hydrogen-bond donors (Lipinski definition) is 1. The molecule has 0 atom stereocenters. The molecule has 1 fully saturated rings. The van der Waals surface area contributed by atoms with Crippen LogP contribution in [-0.4, -0.2) is 41.8 Å². The van der Waals surface area contributed by atoms with Gasteiger partial charge >= 0.3 is 6.18 Å². The van der Waals surface area contributed by atoms with E-state index in [1.165, 1.54) is 12.0 Å². The zero-order chi connectivity index (χ0) is 26.4. The maximum atomic E-state index is 13.8. The normalized spacial score (nSPS) is 16.4. The molecule has 1 aromatic heterocycles. The Kier molecular flexibility index (Phi) is 6.21. The molecule has 1 saturated carbocycles. The van der Waals surface area contributed by atoms with Gasteiger partial charge in [0.2, 0.25) is 5.91 Å². The van der Waals surface area contributed by atoms with Crippen LogP contribution in [0.4, 0.5) is 18.9 Å². The van der Waals surface area contributed by atoms with Crippen LogP contribution in [0.15, 0.2) is 48.5 Å². The topological polar surface area (TPSA) is 76.5 Å². The van der Waals surface area contributed by atoms with Gasteiger partial charge in [0.25, 0.3) is 5.91 Å². The first-order valence-electron chi connectivity index (χ1n) is 12.2. The van der Waals surface area contributed by atoms with Crippen molar-refractivity contribution in [3.05, 3.63) is 71.0 Å². The van der Waals surface area contributed by atoms with Gasteiger partial charge in [-0.2, -0.15) is 18.3 Å². The molecule has 10 heteroatoms. The summed E-state index contributed by atoms with van der Waals surface area (Å²) < 4.78 is 47.7. The molecule has 0 unspecified atom stereocenters. The number of methoxy groups -OCH3 is 1. The third-order valence-corrected chi connectivity index (χ3v) is 7.19. The van der Waals surface area contributed by atoms with Crippen LogP contribution in [0.2, 0.25) is 0 Å². The summed E-state index contributed by atoms with van der Waals surface area (Å²) in [6.45, 7) is 2.48. The number of carbonyl (C=O) groups excluding carboxylic acids is 2. The van der Waals surface area contributed by atoms with Gasteiger partial charge in [0.05, 0.1) is 12.8 Å². The predicted molar refractivity (Wildman–Crippen MR) is 131 cm³/mol. The molecule has 37 heavy (non-hydrogen) atoms. The lowest BCUT2D eigenvalue weighted by Crippen LogP contribution is -2.39. The minimum atomic E-state index is -4.68. The summed E-state index contributed by atoms with van der Waals surface area (Å²) in [6.07, 6.45) is -2.30. The lowest BCUT2D eigenvalue weighted by atomic mass is 9.95. The average Bonchev–Trinajstić information content (AvgIpc) is 3.58. The first kappa shape index (κ1) is 24.9. The molecule has 5 rings (SSSR count). The Balaban J connectivity index is 1.45. The highest BCUT2D eigenvalue weighted by molar-refractivity contribution is 6.07. The Morgan fingerprint density at radius 3 is 2.30 bits per heavy atom. The van der Waals surface area contributed by atoms with Gasteiger partial charge in [0.15, 0.2) is 5.69 Å². The number of ether oxygens (including phenoxy) is 1. The Hall–Kier alpha value is -3.82. The number of hydrogen-bond acceptors (Lipinski definition) is 4. The van der Waals surface area contributed by atoms with Crippen LogP contribution >= 0.6 is 0 Å². The number of aromatic nitrogens is 2. The average molecular weight is 513 g/mol. The SMILES string of the molecule is CCC(=O)NCC1(c2ccc(N3CCc4c(C(F)(F)F)nn(-c5ccc(OC)cc5)c4C3=O)cc2)CC1. The number of amides is 2. The molecule has 2 aliphatic rings. The number of benzene rings is 2. The Morgan fingerprint density at radius 2 is 1.73 bits per heavy atom. The quantitative estimate of drug-likeness (QED) is 0.500. The van der Waals surface area contributed by atoms with Crippen molar-refractivity contribution in [1.82, 2.24) is 15.1 Å². The first-order chi connectivity index (χ1) is 17.7. The number of anilines is 1. The lowest BCUT2D eigenvalue weighted by Gasteiger charge is -2.28.